The van der Waals surface area contributed by atoms with Crippen LogP contribution in [0.3, 0.4) is 0 Å². The van der Waals surface area contributed by atoms with E-state index in [1.54, 1.807) is 29.1 Å². The topological polar surface area (TPSA) is 72.4 Å². The van der Waals surface area contributed by atoms with Crippen molar-refractivity contribution in [3.05, 3.63) is 71.0 Å². The number of carbonyl (C=O) groups is 2. The van der Waals surface area contributed by atoms with Crippen LogP contribution in [-0.4, -0.2) is 23.5 Å². The van der Waals surface area contributed by atoms with E-state index in [4.69, 9.17) is 16.3 Å². The molecule has 0 saturated carbocycles. The molecule has 0 aliphatic carbocycles. The third-order valence-corrected chi connectivity index (χ3v) is 4.60. The monoisotopic (exact) mass is 451 g/mol. The van der Waals surface area contributed by atoms with E-state index in [1.807, 2.05) is 0 Å². The minimum Gasteiger partial charge on any atom is -0.496 e. The molecule has 3 aromatic rings. The van der Waals surface area contributed by atoms with Crippen molar-refractivity contribution in [2.75, 3.05) is 17.7 Å². The van der Waals surface area contributed by atoms with E-state index in [1.165, 1.54) is 26.2 Å². The van der Waals surface area contributed by atoms with Gasteiger partial charge in [-0.2, -0.15) is 13.2 Å². The van der Waals surface area contributed by atoms with Gasteiger partial charge in [0, 0.05) is 25.4 Å². The van der Waals surface area contributed by atoms with Crippen LogP contribution in [0.2, 0.25) is 5.02 Å². The molecule has 3 rings (SSSR count). The lowest BCUT2D eigenvalue weighted by atomic mass is 10.1. The highest BCUT2D eigenvalue weighted by Crippen LogP contribution is 2.35. The first kappa shape index (κ1) is 22.2. The summed E-state index contributed by atoms with van der Waals surface area (Å²) >= 11 is 6.32. The highest BCUT2D eigenvalue weighted by atomic mass is 35.5. The van der Waals surface area contributed by atoms with Gasteiger partial charge in [0.2, 0.25) is 5.91 Å². The first-order valence-corrected chi connectivity index (χ1v) is 9.29. The number of amides is 2. The van der Waals surface area contributed by atoms with Crippen LogP contribution in [-0.2, 0) is 11.0 Å². The highest BCUT2D eigenvalue weighted by Gasteiger charge is 2.31. The standard InChI is InChI=1S/C21H17ClF3N3O3/c1-12(29)26-16-6-5-13(21(23,24)25)9-17(16)27-20(30)14-10-15(22)18(11-19(14)31-2)28-7-3-4-8-28/h3-11H,1-2H3,(H,26,29)(H,27,30). The fraction of sp³-hybridized carbons (Fsp3) is 0.143. The molecule has 31 heavy (non-hydrogen) atoms. The Hall–Kier alpha value is -3.46. The Balaban J connectivity index is 2.00. The van der Waals surface area contributed by atoms with Crippen LogP contribution in [0.5, 0.6) is 5.75 Å². The molecule has 2 aromatic carbocycles. The molecule has 1 heterocycles. The van der Waals surface area contributed by atoms with Crippen LogP contribution in [0.1, 0.15) is 22.8 Å². The average molecular weight is 452 g/mol. The number of nitrogens with one attached hydrogen (secondary N) is 2. The number of ether oxygens (including phenoxy) is 1. The number of anilines is 2. The fourth-order valence-corrected chi connectivity index (χ4v) is 3.16. The third-order valence-electron chi connectivity index (χ3n) is 4.30. The fourth-order valence-electron chi connectivity index (χ4n) is 2.89. The van der Waals surface area contributed by atoms with Gasteiger partial charge < -0.3 is 19.9 Å². The molecule has 1 aromatic heterocycles. The Bertz CT molecular complexity index is 1130. The predicted molar refractivity (Wildman–Crippen MR) is 111 cm³/mol. The number of hydrogen-bond donors (Lipinski definition) is 2. The van der Waals surface area contributed by atoms with Crippen molar-refractivity contribution < 1.29 is 27.5 Å². The maximum atomic E-state index is 13.1. The van der Waals surface area contributed by atoms with Crippen LogP contribution >= 0.6 is 11.6 Å². The maximum Gasteiger partial charge on any atom is 0.416 e. The van der Waals surface area contributed by atoms with Crippen LogP contribution in [0, 0.1) is 0 Å². The summed E-state index contributed by atoms with van der Waals surface area (Å²) in [6.45, 7) is 1.20. The smallest absolute Gasteiger partial charge is 0.416 e. The minimum atomic E-state index is -4.63. The van der Waals surface area contributed by atoms with Gasteiger partial charge in [-0.15, -0.1) is 0 Å². The number of alkyl halides is 3. The Morgan fingerprint density at radius 2 is 1.71 bits per heavy atom. The summed E-state index contributed by atoms with van der Waals surface area (Å²) < 4.78 is 46.4. The molecule has 0 atom stereocenters. The summed E-state index contributed by atoms with van der Waals surface area (Å²) in [6, 6.07) is 9.10. The summed E-state index contributed by atoms with van der Waals surface area (Å²) in [4.78, 5) is 24.3. The summed E-state index contributed by atoms with van der Waals surface area (Å²) in [6.07, 6.45) is -1.13. The first-order valence-electron chi connectivity index (χ1n) is 8.91. The second-order valence-electron chi connectivity index (χ2n) is 6.49. The highest BCUT2D eigenvalue weighted by molar-refractivity contribution is 6.33. The van der Waals surface area contributed by atoms with Gasteiger partial charge >= 0.3 is 6.18 Å². The SMILES string of the molecule is COc1cc(-n2cccc2)c(Cl)cc1C(=O)Nc1cc(C(F)(F)F)ccc1NC(C)=O. The van der Waals surface area contributed by atoms with E-state index >= 15 is 0 Å². The Kier molecular flexibility index (Phi) is 6.26. The second kappa shape index (κ2) is 8.73. The van der Waals surface area contributed by atoms with Crippen molar-refractivity contribution in [1.29, 1.82) is 0 Å². The number of halogens is 4. The van der Waals surface area contributed by atoms with Crippen molar-refractivity contribution in [1.82, 2.24) is 4.57 Å². The molecule has 0 fully saturated rings. The Labute approximate surface area is 180 Å². The molecule has 2 N–H and O–H groups in total. The molecular formula is C21H17ClF3N3O3. The van der Waals surface area contributed by atoms with E-state index in [0.29, 0.717) is 5.69 Å². The predicted octanol–water partition coefficient (Wildman–Crippen LogP) is 5.37. The number of aromatic nitrogens is 1. The van der Waals surface area contributed by atoms with E-state index in [-0.39, 0.29) is 27.7 Å². The van der Waals surface area contributed by atoms with Gasteiger partial charge in [0.05, 0.1) is 40.3 Å². The van der Waals surface area contributed by atoms with Gasteiger partial charge in [-0.25, -0.2) is 0 Å². The molecule has 0 bridgehead atoms. The van der Waals surface area contributed by atoms with Crippen LogP contribution in [0.4, 0.5) is 24.5 Å². The van der Waals surface area contributed by atoms with Crippen LogP contribution in [0.25, 0.3) is 5.69 Å². The molecule has 0 unspecified atom stereocenters. The summed E-state index contributed by atoms with van der Waals surface area (Å²) in [7, 11) is 1.35. The van der Waals surface area contributed by atoms with Crippen LogP contribution < -0.4 is 15.4 Å². The van der Waals surface area contributed by atoms with Crippen molar-refractivity contribution in [2.45, 2.75) is 13.1 Å². The van der Waals surface area contributed by atoms with Crippen LogP contribution in [0.15, 0.2) is 54.9 Å². The molecule has 0 radical (unpaired) electrons. The zero-order valence-corrected chi connectivity index (χ0v) is 17.1. The second-order valence-corrected chi connectivity index (χ2v) is 6.89. The molecule has 0 saturated heterocycles. The largest absolute Gasteiger partial charge is 0.496 e. The lowest BCUT2D eigenvalue weighted by Crippen LogP contribution is -2.17. The normalized spacial score (nSPS) is 11.2. The maximum absolute atomic E-state index is 13.1. The summed E-state index contributed by atoms with van der Waals surface area (Å²) in [5.41, 5.74) is -0.622. The summed E-state index contributed by atoms with van der Waals surface area (Å²) in [5, 5.41) is 5.03. The molecule has 2 amide bonds. The number of benzene rings is 2. The molecule has 0 spiro atoms. The van der Waals surface area contributed by atoms with Gasteiger partial charge in [0.25, 0.3) is 5.91 Å². The number of nitrogens with zero attached hydrogens (tertiary/aromatic N) is 1. The number of carbonyl (C=O) groups excluding carboxylic acids is 2. The molecule has 0 aliphatic rings. The Morgan fingerprint density at radius 1 is 1.03 bits per heavy atom. The Morgan fingerprint density at radius 3 is 2.29 bits per heavy atom. The van der Waals surface area contributed by atoms with Crippen molar-refractivity contribution in [3.63, 3.8) is 0 Å². The zero-order valence-electron chi connectivity index (χ0n) is 16.4. The quantitative estimate of drug-likeness (QED) is 0.548. The zero-order chi connectivity index (χ0) is 22.8. The minimum absolute atomic E-state index is 0.00888. The van der Waals surface area contributed by atoms with Gasteiger partial charge in [-0.3, -0.25) is 9.59 Å². The van der Waals surface area contributed by atoms with Crippen molar-refractivity contribution in [3.8, 4) is 11.4 Å². The van der Waals surface area contributed by atoms with E-state index in [0.717, 1.165) is 18.2 Å². The number of rotatable bonds is 5. The lowest BCUT2D eigenvalue weighted by molar-refractivity contribution is -0.137. The molecule has 162 valence electrons. The lowest BCUT2D eigenvalue weighted by Gasteiger charge is -2.17. The van der Waals surface area contributed by atoms with Gasteiger partial charge in [-0.05, 0) is 36.4 Å². The molecular weight excluding hydrogens is 435 g/mol. The van der Waals surface area contributed by atoms with Gasteiger partial charge in [0.15, 0.2) is 0 Å². The van der Waals surface area contributed by atoms with Gasteiger partial charge in [-0.1, -0.05) is 11.6 Å². The average Bonchev–Trinajstić information content (AvgIpc) is 3.22. The first-order chi connectivity index (χ1) is 14.6. The molecule has 0 aliphatic heterocycles. The molecule has 6 nitrogen and oxygen atoms in total. The van der Waals surface area contributed by atoms with E-state index < -0.39 is 23.6 Å². The summed E-state index contributed by atoms with van der Waals surface area (Å²) in [5.74, 6) is -1.10. The van der Waals surface area contributed by atoms with E-state index in [9.17, 15) is 22.8 Å². The molecule has 10 heteroatoms. The number of hydrogen-bond acceptors (Lipinski definition) is 3. The van der Waals surface area contributed by atoms with Crippen molar-refractivity contribution >= 4 is 34.8 Å². The third kappa shape index (κ3) is 5.00. The van der Waals surface area contributed by atoms with Crippen molar-refractivity contribution in [2.24, 2.45) is 0 Å². The van der Waals surface area contributed by atoms with E-state index in [2.05, 4.69) is 10.6 Å². The number of methoxy groups -OCH3 is 1. The van der Waals surface area contributed by atoms with Gasteiger partial charge in [0.1, 0.15) is 5.75 Å².